The minimum Gasteiger partial charge on any atom is -0.396 e. The summed E-state index contributed by atoms with van der Waals surface area (Å²) in [6.45, 7) is 0.295. The average Bonchev–Trinajstić information content (AvgIpc) is 2.76. The fraction of sp³-hybridized carbons (Fsp3) is 0.667. The number of thiazole rings is 1. The third kappa shape index (κ3) is 2.00. The van der Waals surface area contributed by atoms with Crippen LogP contribution in [0.15, 0.2) is 11.6 Å². The van der Waals surface area contributed by atoms with Gasteiger partial charge in [0.15, 0.2) is 5.13 Å². The molecule has 72 valence electrons. The molecule has 2 N–H and O–H groups in total. The first-order chi connectivity index (χ1) is 6.40. The van der Waals surface area contributed by atoms with Gasteiger partial charge in [-0.05, 0) is 12.8 Å². The first kappa shape index (κ1) is 8.97. The average molecular weight is 198 g/mol. The summed E-state index contributed by atoms with van der Waals surface area (Å²) in [5.41, 5.74) is 0. The molecule has 0 saturated heterocycles. The van der Waals surface area contributed by atoms with Crippen LogP contribution in [-0.4, -0.2) is 22.7 Å². The van der Waals surface area contributed by atoms with Crippen LogP contribution in [0.3, 0.4) is 0 Å². The van der Waals surface area contributed by atoms with Gasteiger partial charge in [0, 0.05) is 30.1 Å². The molecule has 0 spiro atoms. The van der Waals surface area contributed by atoms with Gasteiger partial charge in [0.2, 0.25) is 0 Å². The molecule has 0 radical (unpaired) electrons. The lowest BCUT2D eigenvalue weighted by Gasteiger charge is -2.17. The van der Waals surface area contributed by atoms with Crippen molar-refractivity contribution in [3.8, 4) is 0 Å². The highest BCUT2D eigenvalue weighted by Gasteiger charge is 2.26. The Hall–Kier alpha value is -0.610. The molecule has 0 amide bonds. The lowest BCUT2D eigenvalue weighted by Crippen LogP contribution is -2.26. The summed E-state index contributed by atoms with van der Waals surface area (Å²) in [6, 6.07) is 0.427. The van der Waals surface area contributed by atoms with Crippen LogP contribution in [0.25, 0.3) is 0 Å². The zero-order valence-corrected chi connectivity index (χ0v) is 8.26. The minimum absolute atomic E-state index is 0.295. The van der Waals surface area contributed by atoms with E-state index in [-0.39, 0.29) is 0 Å². The van der Waals surface area contributed by atoms with E-state index in [1.54, 1.807) is 17.5 Å². The molecule has 0 aliphatic heterocycles. The fourth-order valence-electron chi connectivity index (χ4n) is 1.90. The second-order valence-corrected chi connectivity index (χ2v) is 4.36. The number of nitrogens with one attached hydrogen (secondary N) is 1. The molecular formula is C9H14N2OS. The van der Waals surface area contributed by atoms with Gasteiger partial charge >= 0.3 is 0 Å². The Morgan fingerprint density at radius 2 is 2.54 bits per heavy atom. The maximum absolute atomic E-state index is 9.11. The highest BCUT2D eigenvalue weighted by Crippen LogP contribution is 2.28. The molecule has 1 aromatic rings. The van der Waals surface area contributed by atoms with Crippen LogP contribution < -0.4 is 5.32 Å². The van der Waals surface area contributed by atoms with Crippen LogP contribution in [0.5, 0.6) is 0 Å². The van der Waals surface area contributed by atoms with Crippen LogP contribution in [0.1, 0.15) is 19.3 Å². The third-order valence-electron chi connectivity index (χ3n) is 2.63. The molecule has 2 atom stereocenters. The molecule has 4 heteroatoms. The molecule has 0 aromatic carbocycles. The number of nitrogens with zero attached hydrogens (tertiary/aromatic N) is 1. The molecular weight excluding hydrogens is 184 g/mol. The van der Waals surface area contributed by atoms with Crippen LogP contribution in [0.2, 0.25) is 0 Å². The predicted octanol–water partition coefficient (Wildman–Crippen LogP) is 1.72. The Balaban J connectivity index is 1.94. The highest BCUT2D eigenvalue weighted by atomic mass is 32.1. The molecule has 1 aliphatic carbocycles. The molecule has 13 heavy (non-hydrogen) atoms. The third-order valence-corrected chi connectivity index (χ3v) is 3.34. The lowest BCUT2D eigenvalue weighted by atomic mass is 10.1. The SMILES string of the molecule is OCC1CCCC1Nc1nccs1. The number of aliphatic hydroxyl groups excluding tert-OH is 1. The Labute approximate surface area is 81.8 Å². The van der Waals surface area contributed by atoms with Gasteiger partial charge in [-0.3, -0.25) is 0 Å². The summed E-state index contributed by atoms with van der Waals surface area (Å²) >= 11 is 1.62. The minimum atomic E-state index is 0.295. The maximum atomic E-state index is 9.11. The number of hydrogen-bond donors (Lipinski definition) is 2. The van der Waals surface area contributed by atoms with Gasteiger partial charge in [-0.1, -0.05) is 6.42 Å². The Bertz CT molecular complexity index is 250. The lowest BCUT2D eigenvalue weighted by molar-refractivity contribution is 0.222. The van der Waals surface area contributed by atoms with Crippen molar-refractivity contribution < 1.29 is 5.11 Å². The summed E-state index contributed by atoms with van der Waals surface area (Å²) < 4.78 is 0. The number of hydrogen-bond acceptors (Lipinski definition) is 4. The smallest absolute Gasteiger partial charge is 0.182 e. The standard InChI is InChI=1S/C9H14N2OS/c12-6-7-2-1-3-8(7)11-9-10-4-5-13-9/h4-5,7-8,12H,1-3,6H2,(H,10,11). The van der Waals surface area contributed by atoms with E-state index >= 15 is 0 Å². The Morgan fingerprint density at radius 1 is 1.62 bits per heavy atom. The van der Waals surface area contributed by atoms with E-state index in [2.05, 4.69) is 10.3 Å². The van der Waals surface area contributed by atoms with Gasteiger partial charge in [0.05, 0.1) is 0 Å². The van der Waals surface area contributed by atoms with Crippen molar-refractivity contribution in [1.29, 1.82) is 0 Å². The van der Waals surface area contributed by atoms with Crippen LogP contribution in [0, 0.1) is 5.92 Å². The summed E-state index contributed by atoms with van der Waals surface area (Å²) in [7, 11) is 0. The number of anilines is 1. The van der Waals surface area contributed by atoms with E-state index < -0.39 is 0 Å². The van der Waals surface area contributed by atoms with Gasteiger partial charge in [-0.2, -0.15) is 0 Å². The molecule has 1 aliphatic rings. The van der Waals surface area contributed by atoms with Gasteiger partial charge in [-0.25, -0.2) is 4.98 Å². The largest absolute Gasteiger partial charge is 0.396 e. The number of aromatic nitrogens is 1. The van der Waals surface area contributed by atoms with E-state index in [4.69, 9.17) is 5.11 Å². The Kier molecular flexibility index (Phi) is 2.80. The molecule has 2 unspecified atom stereocenters. The van der Waals surface area contributed by atoms with Crippen molar-refractivity contribution in [2.24, 2.45) is 5.92 Å². The molecule has 1 heterocycles. The number of aliphatic hydroxyl groups is 1. The van der Waals surface area contributed by atoms with E-state index in [1.165, 1.54) is 6.42 Å². The van der Waals surface area contributed by atoms with Crippen LogP contribution >= 0.6 is 11.3 Å². The summed E-state index contributed by atoms with van der Waals surface area (Å²) in [4.78, 5) is 4.17. The summed E-state index contributed by atoms with van der Waals surface area (Å²) in [5, 5.41) is 15.4. The summed E-state index contributed by atoms with van der Waals surface area (Å²) in [5.74, 6) is 0.420. The molecule has 1 fully saturated rings. The second-order valence-electron chi connectivity index (χ2n) is 3.46. The van der Waals surface area contributed by atoms with Crippen molar-refractivity contribution >= 4 is 16.5 Å². The van der Waals surface area contributed by atoms with E-state index in [1.807, 2.05) is 5.38 Å². The Morgan fingerprint density at radius 3 is 3.23 bits per heavy atom. The monoisotopic (exact) mass is 198 g/mol. The summed E-state index contributed by atoms with van der Waals surface area (Å²) in [6.07, 6.45) is 5.31. The first-order valence-electron chi connectivity index (χ1n) is 4.67. The second kappa shape index (κ2) is 4.07. The van der Waals surface area contributed by atoms with Crippen molar-refractivity contribution in [2.75, 3.05) is 11.9 Å². The van der Waals surface area contributed by atoms with Crippen molar-refractivity contribution in [3.05, 3.63) is 11.6 Å². The topological polar surface area (TPSA) is 45.1 Å². The van der Waals surface area contributed by atoms with Gasteiger partial charge < -0.3 is 10.4 Å². The van der Waals surface area contributed by atoms with E-state index in [9.17, 15) is 0 Å². The zero-order valence-electron chi connectivity index (χ0n) is 7.44. The molecule has 3 nitrogen and oxygen atoms in total. The highest BCUT2D eigenvalue weighted by molar-refractivity contribution is 7.13. The quantitative estimate of drug-likeness (QED) is 0.777. The van der Waals surface area contributed by atoms with E-state index in [0.717, 1.165) is 18.0 Å². The van der Waals surface area contributed by atoms with E-state index in [0.29, 0.717) is 18.6 Å². The molecule has 0 bridgehead atoms. The number of rotatable bonds is 3. The first-order valence-corrected chi connectivity index (χ1v) is 5.55. The van der Waals surface area contributed by atoms with Gasteiger partial charge in [0.1, 0.15) is 0 Å². The van der Waals surface area contributed by atoms with Crippen LogP contribution in [-0.2, 0) is 0 Å². The maximum Gasteiger partial charge on any atom is 0.182 e. The van der Waals surface area contributed by atoms with Crippen LogP contribution in [0.4, 0.5) is 5.13 Å². The molecule has 1 aromatic heterocycles. The predicted molar refractivity (Wildman–Crippen MR) is 54.0 cm³/mol. The molecule has 1 saturated carbocycles. The van der Waals surface area contributed by atoms with Gasteiger partial charge in [-0.15, -0.1) is 11.3 Å². The zero-order chi connectivity index (χ0) is 9.10. The van der Waals surface area contributed by atoms with Crippen molar-refractivity contribution in [1.82, 2.24) is 4.98 Å². The van der Waals surface area contributed by atoms with Crippen molar-refractivity contribution in [2.45, 2.75) is 25.3 Å². The fourth-order valence-corrected chi connectivity index (χ4v) is 2.49. The molecule has 2 rings (SSSR count). The van der Waals surface area contributed by atoms with Crippen molar-refractivity contribution in [3.63, 3.8) is 0 Å². The normalized spacial score (nSPS) is 27.8. The van der Waals surface area contributed by atoms with Gasteiger partial charge in [0.25, 0.3) is 0 Å².